The second kappa shape index (κ2) is 8.75. The molecule has 1 N–H and O–H groups in total. The molecule has 0 fully saturated rings. The molecule has 0 heterocycles. The normalized spacial score (nSPS) is 12.4. The highest BCUT2D eigenvalue weighted by Gasteiger charge is 2.31. The van der Waals surface area contributed by atoms with Gasteiger partial charge in [0.2, 0.25) is 5.91 Å². The van der Waals surface area contributed by atoms with Crippen LogP contribution in [-0.4, -0.2) is 25.4 Å². The lowest BCUT2D eigenvalue weighted by molar-refractivity contribution is -0.137. The zero-order chi connectivity index (χ0) is 20.2. The number of hydrogen-bond donors (Lipinski definition) is 1. The summed E-state index contributed by atoms with van der Waals surface area (Å²) in [6, 6.07) is 7.95. The monoisotopic (exact) mass is 419 g/mol. The number of anilines is 1. The molecule has 0 unspecified atom stereocenters. The summed E-state index contributed by atoms with van der Waals surface area (Å²) >= 11 is 7.13. The zero-order valence-corrected chi connectivity index (χ0v) is 16.3. The zero-order valence-electron chi connectivity index (χ0n) is 14.7. The molecule has 27 heavy (non-hydrogen) atoms. The first kappa shape index (κ1) is 21.2. The molecule has 0 radical (unpaired) electrons. The van der Waals surface area contributed by atoms with Gasteiger partial charge in [-0.05, 0) is 43.3 Å². The molecular weight excluding hydrogens is 403 g/mol. The maximum absolute atomic E-state index is 12.8. The maximum Gasteiger partial charge on any atom is 0.416 e. The standard InChI is InChI=1S/C18H17ClF3NO3S/c1-10(27-12-5-7-15(25-2)16(9-12)26-3)17(24)23-14-8-11(18(20,21)22)4-6-13(14)19/h4-10H,1-3H3,(H,23,24)/t10-/m0/s1. The van der Waals surface area contributed by atoms with E-state index in [1.54, 1.807) is 25.1 Å². The number of hydrogen-bond acceptors (Lipinski definition) is 4. The van der Waals surface area contributed by atoms with Crippen LogP contribution in [0.15, 0.2) is 41.3 Å². The highest BCUT2D eigenvalue weighted by atomic mass is 35.5. The van der Waals surface area contributed by atoms with Gasteiger partial charge in [-0.2, -0.15) is 13.2 Å². The molecule has 9 heteroatoms. The molecular formula is C18H17ClF3NO3S. The minimum absolute atomic E-state index is 0.0275. The number of amides is 1. The van der Waals surface area contributed by atoms with E-state index in [-0.39, 0.29) is 10.7 Å². The minimum atomic E-state index is -4.52. The topological polar surface area (TPSA) is 47.6 Å². The van der Waals surface area contributed by atoms with Crippen molar-refractivity contribution in [2.75, 3.05) is 19.5 Å². The van der Waals surface area contributed by atoms with Gasteiger partial charge >= 0.3 is 6.18 Å². The molecule has 0 aliphatic carbocycles. The number of thioether (sulfide) groups is 1. The maximum atomic E-state index is 12.8. The predicted molar refractivity (Wildman–Crippen MR) is 99.9 cm³/mol. The molecule has 0 saturated carbocycles. The van der Waals surface area contributed by atoms with Crippen molar-refractivity contribution in [3.63, 3.8) is 0 Å². The van der Waals surface area contributed by atoms with Crippen LogP contribution >= 0.6 is 23.4 Å². The van der Waals surface area contributed by atoms with E-state index in [9.17, 15) is 18.0 Å². The lowest BCUT2D eigenvalue weighted by Crippen LogP contribution is -2.22. The first-order valence-electron chi connectivity index (χ1n) is 7.72. The third kappa shape index (κ3) is 5.46. The molecule has 4 nitrogen and oxygen atoms in total. The largest absolute Gasteiger partial charge is 0.493 e. The van der Waals surface area contributed by atoms with Crippen molar-refractivity contribution in [1.82, 2.24) is 0 Å². The van der Waals surface area contributed by atoms with E-state index in [4.69, 9.17) is 21.1 Å². The fourth-order valence-electron chi connectivity index (χ4n) is 2.18. The number of alkyl halides is 3. The van der Waals surface area contributed by atoms with E-state index in [1.165, 1.54) is 26.0 Å². The van der Waals surface area contributed by atoms with Gasteiger partial charge in [0.15, 0.2) is 11.5 Å². The fourth-order valence-corrected chi connectivity index (χ4v) is 3.24. The van der Waals surface area contributed by atoms with Crippen LogP contribution in [0.25, 0.3) is 0 Å². The molecule has 146 valence electrons. The van der Waals surface area contributed by atoms with Crippen molar-refractivity contribution in [1.29, 1.82) is 0 Å². The van der Waals surface area contributed by atoms with E-state index >= 15 is 0 Å². The highest BCUT2D eigenvalue weighted by Crippen LogP contribution is 2.36. The molecule has 0 aliphatic heterocycles. The van der Waals surface area contributed by atoms with Gasteiger partial charge in [-0.3, -0.25) is 4.79 Å². The number of ether oxygens (including phenoxy) is 2. The molecule has 2 aromatic carbocycles. The van der Waals surface area contributed by atoms with Gasteiger partial charge in [0.25, 0.3) is 0 Å². The van der Waals surface area contributed by atoms with Crippen LogP contribution in [0.4, 0.5) is 18.9 Å². The summed E-state index contributed by atoms with van der Waals surface area (Å²) in [6.07, 6.45) is -4.52. The predicted octanol–water partition coefficient (Wildman–Crippen LogP) is 5.50. The van der Waals surface area contributed by atoms with Crippen molar-refractivity contribution in [2.45, 2.75) is 23.2 Å². The Morgan fingerprint density at radius 2 is 1.78 bits per heavy atom. The average Bonchev–Trinajstić information content (AvgIpc) is 2.62. The number of nitrogens with one attached hydrogen (secondary N) is 1. The summed E-state index contributed by atoms with van der Waals surface area (Å²) in [4.78, 5) is 13.1. The van der Waals surface area contributed by atoms with E-state index in [1.807, 2.05) is 0 Å². The molecule has 0 aromatic heterocycles. The second-order valence-electron chi connectivity index (χ2n) is 5.46. The Kier molecular flexibility index (Phi) is 6.89. The molecule has 0 bridgehead atoms. The van der Waals surface area contributed by atoms with E-state index in [2.05, 4.69) is 5.32 Å². The summed E-state index contributed by atoms with van der Waals surface area (Å²) in [5.74, 6) is 0.585. The van der Waals surface area contributed by atoms with E-state index in [0.717, 1.165) is 23.1 Å². The molecule has 0 saturated heterocycles. The van der Waals surface area contributed by atoms with Crippen molar-refractivity contribution < 1.29 is 27.4 Å². The Bertz CT molecular complexity index is 830. The summed E-state index contributed by atoms with van der Waals surface area (Å²) < 4.78 is 48.9. The van der Waals surface area contributed by atoms with Crippen LogP contribution < -0.4 is 14.8 Å². The number of rotatable bonds is 6. The van der Waals surface area contributed by atoms with Crippen LogP contribution in [-0.2, 0) is 11.0 Å². The molecule has 0 aliphatic rings. The van der Waals surface area contributed by atoms with Crippen molar-refractivity contribution >= 4 is 35.0 Å². The molecule has 2 rings (SSSR count). The molecule has 1 amide bonds. The minimum Gasteiger partial charge on any atom is -0.493 e. The van der Waals surface area contributed by atoms with Gasteiger partial charge < -0.3 is 14.8 Å². The Labute approximate surface area is 164 Å². The summed E-state index contributed by atoms with van der Waals surface area (Å²) in [7, 11) is 3.01. The SMILES string of the molecule is COc1ccc(S[C@@H](C)C(=O)Nc2cc(C(F)(F)F)ccc2Cl)cc1OC. The van der Waals surface area contributed by atoms with Crippen LogP contribution in [0.1, 0.15) is 12.5 Å². The summed E-state index contributed by atoms with van der Waals surface area (Å²) in [6.45, 7) is 1.64. The van der Waals surface area contributed by atoms with Crippen LogP contribution in [0.3, 0.4) is 0 Å². The van der Waals surface area contributed by atoms with Crippen molar-refractivity contribution in [3.05, 3.63) is 47.0 Å². The fraction of sp³-hybridized carbons (Fsp3) is 0.278. The van der Waals surface area contributed by atoms with E-state index in [0.29, 0.717) is 11.5 Å². The third-order valence-corrected chi connectivity index (χ3v) is 5.01. The van der Waals surface area contributed by atoms with Gasteiger partial charge in [0.1, 0.15) is 0 Å². The number of benzene rings is 2. The lowest BCUT2D eigenvalue weighted by Gasteiger charge is -2.15. The first-order chi connectivity index (χ1) is 12.7. The number of carbonyl (C=O) groups excluding carboxylic acids is 1. The van der Waals surface area contributed by atoms with Gasteiger partial charge in [-0.25, -0.2) is 0 Å². The first-order valence-corrected chi connectivity index (χ1v) is 8.97. The van der Waals surface area contributed by atoms with Crippen LogP contribution in [0, 0.1) is 0 Å². The Morgan fingerprint density at radius 1 is 1.11 bits per heavy atom. The highest BCUT2D eigenvalue weighted by molar-refractivity contribution is 8.00. The third-order valence-electron chi connectivity index (χ3n) is 3.59. The smallest absolute Gasteiger partial charge is 0.416 e. The average molecular weight is 420 g/mol. The Morgan fingerprint density at radius 3 is 2.37 bits per heavy atom. The number of carbonyl (C=O) groups is 1. The Hall–Kier alpha value is -2.06. The summed E-state index contributed by atoms with van der Waals surface area (Å²) in [5.41, 5.74) is -0.973. The molecule has 2 aromatic rings. The Balaban J connectivity index is 2.12. The quantitative estimate of drug-likeness (QED) is 0.628. The second-order valence-corrected chi connectivity index (χ2v) is 7.28. The van der Waals surface area contributed by atoms with Crippen molar-refractivity contribution in [3.8, 4) is 11.5 Å². The van der Waals surface area contributed by atoms with Gasteiger partial charge in [0, 0.05) is 4.90 Å². The number of halogens is 4. The molecule has 0 spiro atoms. The van der Waals surface area contributed by atoms with E-state index < -0.39 is 22.9 Å². The van der Waals surface area contributed by atoms with Crippen molar-refractivity contribution in [2.24, 2.45) is 0 Å². The van der Waals surface area contributed by atoms with Crippen LogP contribution in [0.2, 0.25) is 5.02 Å². The summed E-state index contributed by atoms with van der Waals surface area (Å²) in [5, 5.41) is 1.88. The number of methoxy groups -OCH3 is 2. The van der Waals surface area contributed by atoms with Crippen LogP contribution in [0.5, 0.6) is 11.5 Å². The van der Waals surface area contributed by atoms with Gasteiger partial charge in [-0.1, -0.05) is 11.6 Å². The molecule has 1 atom stereocenters. The van der Waals surface area contributed by atoms with Gasteiger partial charge in [-0.15, -0.1) is 11.8 Å². The lowest BCUT2D eigenvalue weighted by atomic mass is 10.2. The van der Waals surface area contributed by atoms with Gasteiger partial charge in [0.05, 0.1) is 35.7 Å².